The molecule has 0 unspecified atom stereocenters. The van der Waals surface area contributed by atoms with E-state index in [-0.39, 0.29) is 22.6 Å². The van der Waals surface area contributed by atoms with Crippen LogP contribution in [0.2, 0.25) is 5.15 Å². The molecule has 1 N–H and O–H groups in total. The zero-order chi connectivity index (χ0) is 11.5. The second-order valence-corrected chi connectivity index (χ2v) is 5.66. The van der Waals surface area contributed by atoms with Crippen molar-refractivity contribution in [1.82, 2.24) is 9.97 Å². The van der Waals surface area contributed by atoms with Gasteiger partial charge in [0.15, 0.2) is 5.82 Å². The van der Waals surface area contributed by atoms with Crippen LogP contribution in [0.5, 0.6) is 0 Å². The lowest BCUT2D eigenvalue weighted by atomic mass is 10.3. The third-order valence-electron chi connectivity index (χ3n) is 1.43. The standard InChI is InChI=1S/C8H12ClN3O2S/c1-6(2)5-15(13,14)12-8-4-10-7(9)3-11-8/h3-4,6H,5H2,1-2H3,(H,11,12). The van der Waals surface area contributed by atoms with E-state index >= 15 is 0 Å². The molecule has 0 amide bonds. The molecular formula is C8H12ClN3O2S. The minimum absolute atomic E-state index is 0.0529. The van der Waals surface area contributed by atoms with Gasteiger partial charge >= 0.3 is 0 Å². The molecule has 0 fully saturated rings. The third kappa shape index (κ3) is 4.44. The summed E-state index contributed by atoms with van der Waals surface area (Å²) >= 11 is 5.52. The molecule has 0 aliphatic heterocycles. The fraction of sp³-hybridized carbons (Fsp3) is 0.500. The molecule has 0 aliphatic rings. The average Bonchev–Trinajstić information content (AvgIpc) is 2.06. The normalized spacial score (nSPS) is 11.7. The number of rotatable bonds is 4. The van der Waals surface area contributed by atoms with E-state index in [1.165, 1.54) is 12.4 Å². The van der Waals surface area contributed by atoms with Crippen molar-refractivity contribution in [2.24, 2.45) is 5.92 Å². The fourth-order valence-corrected chi connectivity index (χ4v) is 2.49. The molecule has 1 aromatic heterocycles. The minimum atomic E-state index is -3.34. The molecule has 0 spiro atoms. The van der Waals surface area contributed by atoms with Crippen molar-refractivity contribution in [1.29, 1.82) is 0 Å². The first-order chi connectivity index (χ1) is 6.89. The molecule has 1 rings (SSSR count). The van der Waals surface area contributed by atoms with E-state index in [4.69, 9.17) is 11.6 Å². The number of aromatic nitrogens is 2. The summed E-state index contributed by atoms with van der Waals surface area (Å²) < 4.78 is 25.3. The van der Waals surface area contributed by atoms with Gasteiger partial charge in [0.1, 0.15) is 5.15 Å². The summed E-state index contributed by atoms with van der Waals surface area (Å²) in [5, 5.41) is 0.224. The van der Waals surface area contributed by atoms with Crippen molar-refractivity contribution in [3.05, 3.63) is 17.5 Å². The molecule has 15 heavy (non-hydrogen) atoms. The minimum Gasteiger partial charge on any atom is -0.266 e. The zero-order valence-corrected chi connectivity index (χ0v) is 10.0. The van der Waals surface area contributed by atoms with Crippen LogP contribution >= 0.6 is 11.6 Å². The van der Waals surface area contributed by atoms with Gasteiger partial charge in [-0.1, -0.05) is 25.4 Å². The van der Waals surface area contributed by atoms with Gasteiger partial charge in [0.25, 0.3) is 0 Å². The Hall–Kier alpha value is -0.880. The topological polar surface area (TPSA) is 72.0 Å². The predicted molar refractivity (Wildman–Crippen MR) is 59.3 cm³/mol. The monoisotopic (exact) mass is 249 g/mol. The summed E-state index contributed by atoms with van der Waals surface area (Å²) in [4.78, 5) is 7.50. The van der Waals surface area contributed by atoms with Crippen molar-refractivity contribution >= 4 is 27.4 Å². The maximum absolute atomic E-state index is 11.5. The highest BCUT2D eigenvalue weighted by Crippen LogP contribution is 2.08. The van der Waals surface area contributed by atoms with Crippen molar-refractivity contribution in [2.75, 3.05) is 10.5 Å². The van der Waals surface area contributed by atoms with Crippen LogP contribution in [-0.4, -0.2) is 24.1 Å². The van der Waals surface area contributed by atoms with Crippen LogP contribution in [0.3, 0.4) is 0 Å². The van der Waals surface area contributed by atoms with Crippen LogP contribution in [-0.2, 0) is 10.0 Å². The van der Waals surface area contributed by atoms with Crippen molar-refractivity contribution in [3.63, 3.8) is 0 Å². The van der Waals surface area contributed by atoms with Crippen LogP contribution < -0.4 is 4.72 Å². The SMILES string of the molecule is CC(C)CS(=O)(=O)Nc1cnc(Cl)cn1. The van der Waals surface area contributed by atoms with E-state index in [1.807, 2.05) is 13.8 Å². The van der Waals surface area contributed by atoms with Gasteiger partial charge in [0, 0.05) is 0 Å². The summed E-state index contributed by atoms with van der Waals surface area (Å²) in [7, 11) is -3.34. The molecule has 7 heteroatoms. The van der Waals surface area contributed by atoms with Crippen LogP contribution in [0.25, 0.3) is 0 Å². The van der Waals surface area contributed by atoms with E-state index in [2.05, 4.69) is 14.7 Å². The lowest BCUT2D eigenvalue weighted by Crippen LogP contribution is -2.20. The molecule has 1 aromatic rings. The second-order valence-electron chi connectivity index (χ2n) is 3.50. The van der Waals surface area contributed by atoms with Gasteiger partial charge in [-0.15, -0.1) is 0 Å². The summed E-state index contributed by atoms with van der Waals surface area (Å²) in [5.41, 5.74) is 0. The molecular weight excluding hydrogens is 238 g/mol. The van der Waals surface area contributed by atoms with Gasteiger partial charge in [-0.05, 0) is 5.92 Å². The number of halogens is 1. The molecule has 0 aromatic carbocycles. The molecule has 0 saturated heterocycles. The second kappa shape index (κ2) is 4.76. The van der Waals surface area contributed by atoms with Gasteiger partial charge < -0.3 is 0 Å². The first-order valence-corrected chi connectivity index (χ1v) is 6.40. The van der Waals surface area contributed by atoms with Crippen LogP contribution in [0.15, 0.2) is 12.4 Å². The quantitative estimate of drug-likeness (QED) is 0.878. The zero-order valence-electron chi connectivity index (χ0n) is 8.44. The fourth-order valence-electron chi connectivity index (χ4n) is 1.00. The molecule has 84 valence electrons. The predicted octanol–water partition coefficient (Wildman–Crippen LogP) is 1.53. The maximum Gasteiger partial charge on any atom is 0.234 e. The van der Waals surface area contributed by atoms with E-state index in [9.17, 15) is 8.42 Å². The highest BCUT2D eigenvalue weighted by Gasteiger charge is 2.13. The molecule has 0 radical (unpaired) electrons. The molecule has 0 atom stereocenters. The molecule has 0 saturated carbocycles. The highest BCUT2D eigenvalue weighted by molar-refractivity contribution is 7.92. The Balaban J connectivity index is 2.73. The van der Waals surface area contributed by atoms with Gasteiger partial charge in [0.2, 0.25) is 10.0 Å². The Labute approximate surface area is 93.9 Å². The van der Waals surface area contributed by atoms with Crippen LogP contribution in [0.4, 0.5) is 5.82 Å². The van der Waals surface area contributed by atoms with E-state index < -0.39 is 10.0 Å². The Morgan fingerprint density at radius 1 is 1.40 bits per heavy atom. The Bertz CT molecular complexity index is 416. The smallest absolute Gasteiger partial charge is 0.234 e. The molecule has 0 bridgehead atoms. The number of anilines is 1. The lowest BCUT2D eigenvalue weighted by molar-refractivity contribution is 0.587. The molecule has 0 aliphatic carbocycles. The van der Waals surface area contributed by atoms with E-state index in [1.54, 1.807) is 0 Å². The molecule has 1 heterocycles. The van der Waals surface area contributed by atoms with Gasteiger partial charge in [0.05, 0.1) is 18.1 Å². The number of nitrogens with one attached hydrogen (secondary N) is 1. The largest absolute Gasteiger partial charge is 0.266 e. The summed E-state index contributed by atoms with van der Waals surface area (Å²) in [5.74, 6) is 0.292. The van der Waals surface area contributed by atoms with Crippen molar-refractivity contribution in [3.8, 4) is 0 Å². The molecule has 5 nitrogen and oxygen atoms in total. The Kier molecular flexibility index (Phi) is 3.87. The number of sulfonamides is 1. The van der Waals surface area contributed by atoms with Gasteiger partial charge in [-0.2, -0.15) is 0 Å². The van der Waals surface area contributed by atoms with Gasteiger partial charge in [-0.25, -0.2) is 18.4 Å². The summed E-state index contributed by atoms with van der Waals surface area (Å²) in [6.07, 6.45) is 2.56. The third-order valence-corrected chi connectivity index (χ3v) is 3.25. The lowest BCUT2D eigenvalue weighted by Gasteiger charge is -2.08. The highest BCUT2D eigenvalue weighted by atomic mass is 35.5. The van der Waals surface area contributed by atoms with Crippen molar-refractivity contribution in [2.45, 2.75) is 13.8 Å². The number of nitrogens with zero attached hydrogens (tertiary/aromatic N) is 2. The Morgan fingerprint density at radius 2 is 2.07 bits per heavy atom. The first kappa shape index (κ1) is 12.2. The van der Waals surface area contributed by atoms with Gasteiger partial charge in [-0.3, -0.25) is 4.72 Å². The van der Waals surface area contributed by atoms with Crippen LogP contribution in [0.1, 0.15) is 13.8 Å². The summed E-state index contributed by atoms with van der Waals surface area (Å²) in [6.45, 7) is 3.65. The number of hydrogen-bond acceptors (Lipinski definition) is 4. The number of hydrogen-bond donors (Lipinski definition) is 1. The van der Waals surface area contributed by atoms with E-state index in [0.717, 1.165) is 0 Å². The van der Waals surface area contributed by atoms with E-state index in [0.29, 0.717) is 0 Å². The Morgan fingerprint density at radius 3 is 2.53 bits per heavy atom. The average molecular weight is 250 g/mol. The van der Waals surface area contributed by atoms with Crippen molar-refractivity contribution < 1.29 is 8.42 Å². The van der Waals surface area contributed by atoms with Crippen LogP contribution in [0, 0.1) is 5.92 Å². The summed E-state index contributed by atoms with van der Waals surface area (Å²) in [6, 6.07) is 0. The maximum atomic E-state index is 11.5. The first-order valence-electron chi connectivity index (χ1n) is 4.37.